The first-order chi connectivity index (χ1) is 7.37. The number of methoxy groups -OCH3 is 1. The molecule has 0 fully saturated rings. The fraction of sp³-hybridized carbons (Fsp3) is 0.917. The first-order valence-corrected chi connectivity index (χ1v) is 5.90. The summed E-state index contributed by atoms with van der Waals surface area (Å²) in [5.74, 6) is 1.12. The van der Waals surface area contributed by atoms with Crippen molar-refractivity contribution in [1.82, 2.24) is 5.32 Å². The van der Waals surface area contributed by atoms with Gasteiger partial charge in [-0.25, -0.2) is 0 Å². The number of aliphatic imine (C=N–C) groups is 1. The van der Waals surface area contributed by atoms with Gasteiger partial charge in [0.15, 0.2) is 5.96 Å². The molecule has 5 heteroatoms. The fourth-order valence-corrected chi connectivity index (χ4v) is 1.12. The third kappa shape index (κ3) is 12.2. The molecular formula is C12H28IN3O. The van der Waals surface area contributed by atoms with E-state index in [1.807, 2.05) is 0 Å². The lowest BCUT2D eigenvalue weighted by molar-refractivity contribution is 0.155. The van der Waals surface area contributed by atoms with Crippen LogP contribution >= 0.6 is 24.0 Å². The molecule has 17 heavy (non-hydrogen) atoms. The number of hydrogen-bond donors (Lipinski definition) is 2. The van der Waals surface area contributed by atoms with Gasteiger partial charge in [0.1, 0.15) is 0 Å². The van der Waals surface area contributed by atoms with Gasteiger partial charge in [0, 0.05) is 26.8 Å². The van der Waals surface area contributed by atoms with Crippen molar-refractivity contribution < 1.29 is 4.74 Å². The average Bonchev–Trinajstić information content (AvgIpc) is 2.21. The van der Waals surface area contributed by atoms with Crippen molar-refractivity contribution in [3.05, 3.63) is 0 Å². The molecule has 0 spiro atoms. The molecule has 4 nitrogen and oxygen atoms in total. The van der Waals surface area contributed by atoms with Crippen LogP contribution in [-0.4, -0.2) is 32.8 Å². The van der Waals surface area contributed by atoms with E-state index >= 15 is 0 Å². The van der Waals surface area contributed by atoms with Gasteiger partial charge in [-0.3, -0.25) is 4.99 Å². The van der Waals surface area contributed by atoms with Crippen LogP contribution < -0.4 is 11.1 Å². The van der Waals surface area contributed by atoms with E-state index in [1.165, 1.54) is 0 Å². The Balaban J connectivity index is 0. The van der Waals surface area contributed by atoms with E-state index < -0.39 is 0 Å². The van der Waals surface area contributed by atoms with Gasteiger partial charge in [0.2, 0.25) is 0 Å². The van der Waals surface area contributed by atoms with Crippen molar-refractivity contribution in [2.45, 2.75) is 34.1 Å². The van der Waals surface area contributed by atoms with Crippen molar-refractivity contribution in [2.75, 3.05) is 26.8 Å². The van der Waals surface area contributed by atoms with Crippen molar-refractivity contribution >= 4 is 29.9 Å². The van der Waals surface area contributed by atoms with Crippen LogP contribution in [0.1, 0.15) is 34.1 Å². The standard InChI is InChI=1S/C12H27N3O.HI/c1-10(2)8-14-11(13)15-9-12(3,4)6-7-16-5;/h10H,6-9H2,1-5H3,(H3,13,14,15);1H. The molecule has 3 N–H and O–H groups in total. The van der Waals surface area contributed by atoms with E-state index in [0.717, 1.165) is 26.1 Å². The first kappa shape index (κ1) is 19.3. The minimum Gasteiger partial charge on any atom is -0.385 e. The molecule has 0 aliphatic rings. The zero-order chi connectivity index (χ0) is 12.6. The predicted molar refractivity (Wildman–Crippen MR) is 85.0 cm³/mol. The Labute approximate surface area is 123 Å². The van der Waals surface area contributed by atoms with E-state index in [1.54, 1.807) is 7.11 Å². The summed E-state index contributed by atoms with van der Waals surface area (Å²) < 4.78 is 5.07. The molecule has 0 aromatic rings. The normalized spacial score (nSPS) is 12.5. The Kier molecular flexibility index (Phi) is 11.3. The molecule has 0 aromatic carbocycles. The Hall–Kier alpha value is -0.0400. The second-order valence-corrected chi connectivity index (χ2v) is 5.38. The molecule has 0 unspecified atom stereocenters. The molecule has 0 atom stereocenters. The molecule has 0 bridgehead atoms. The molecule has 0 aliphatic carbocycles. The predicted octanol–water partition coefficient (Wildman–Crippen LogP) is 2.23. The number of nitrogens with two attached hydrogens (primary N) is 1. The van der Waals surface area contributed by atoms with E-state index in [4.69, 9.17) is 10.5 Å². The summed E-state index contributed by atoms with van der Waals surface area (Å²) in [6.45, 7) is 11.0. The molecule has 0 amide bonds. The summed E-state index contributed by atoms with van der Waals surface area (Å²) in [5, 5.41) is 3.11. The van der Waals surface area contributed by atoms with Crippen molar-refractivity contribution in [2.24, 2.45) is 22.1 Å². The molecule has 0 aromatic heterocycles. The number of rotatable bonds is 7. The highest BCUT2D eigenvalue weighted by molar-refractivity contribution is 14.0. The molecule has 0 heterocycles. The molecule has 0 radical (unpaired) electrons. The maximum absolute atomic E-state index is 5.77. The number of nitrogens with one attached hydrogen (secondary N) is 1. The van der Waals surface area contributed by atoms with Gasteiger partial charge < -0.3 is 15.8 Å². The third-order valence-corrected chi connectivity index (χ3v) is 2.35. The molecule has 0 aliphatic heterocycles. The molecular weight excluding hydrogens is 329 g/mol. The van der Waals surface area contributed by atoms with Crippen molar-refractivity contribution in [1.29, 1.82) is 0 Å². The van der Waals surface area contributed by atoms with E-state index in [9.17, 15) is 0 Å². The summed E-state index contributed by atoms with van der Waals surface area (Å²) in [7, 11) is 1.72. The number of nitrogens with zero attached hydrogens (tertiary/aromatic N) is 1. The van der Waals surface area contributed by atoms with Crippen LogP contribution in [0, 0.1) is 11.3 Å². The second kappa shape index (κ2) is 9.94. The van der Waals surface area contributed by atoms with Crippen LogP contribution in [0.4, 0.5) is 0 Å². The van der Waals surface area contributed by atoms with Crippen molar-refractivity contribution in [3.8, 4) is 0 Å². The summed E-state index contributed by atoms with van der Waals surface area (Å²) in [5.41, 5.74) is 5.90. The average molecular weight is 357 g/mol. The van der Waals surface area contributed by atoms with Gasteiger partial charge in [-0.05, 0) is 17.8 Å². The number of halogens is 1. The summed E-state index contributed by atoms with van der Waals surface area (Å²) in [4.78, 5) is 4.35. The maximum Gasteiger partial charge on any atom is 0.188 e. The highest BCUT2D eigenvalue weighted by Gasteiger charge is 2.16. The zero-order valence-corrected chi connectivity index (χ0v) is 14.1. The smallest absolute Gasteiger partial charge is 0.188 e. The van der Waals surface area contributed by atoms with Gasteiger partial charge in [0.25, 0.3) is 0 Å². The van der Waals surface area contributed by atoms with Crippen LogP contribution in [0.2, 0.25) is 0 Å². The van der Waals surface area contributed by atoms with Crippen LogP contribution in [0.3, 0.4) is 0 Å². The topological polar surface area (TPSA) is 59.6 Å². The second-order valence-electron chi connectivity index (χ2n) is 5.38. The van der Waals surface area contributed by atoms with Gasteiger partial charge in [-0.2, -0.15) is 0 Å². The highest BCUT2D eigenvalue weighted by atomic mass is 127. The van der Waals surface area contributed by atoms with E-state index in [0.29, 0.717) is 11.9 Å². The van der Waals surface area contributed by atoms with Crippen LogP contribution in [0.5, 0.6) is 0 Å². The summed E-state index contributed by atoms with van der Waals surface area (Å²) in [6, 6.07) is 0. The Morgan fingerprint density at radius 1 is 1.41 bits per heavy atom. The molecule has 0 rings (SSSR count). The van der Waals surface area contributed by atoms with Crippen molar-refractivity contribution in [3.63, 3.8) is 0 Å². The monoisotopic (exact) mass is 357 g/mol. The van der Waals surface area contributed by atoms with Gasteiger partial charge in [-0.15, -0.1) is 24.0 Å². The van der Waals surface area contributed by atoms with Crippen LogP contribution in [0.15, 0.2) is 4.99 Å². The lowest BCUT2D eigenvalue weighted by Crippen LogP contribution is -2.35. The number of ether oxygens (including phenoxy) is 1. The first-order valence-electron chi connectivity index (χ1n) is 5.90. The van der Waals surface area contributed by atoms with E-state index in [2.05, 4.69) is 38.0 Å². The van der Waals surface area contributed by atoms with Gasteiger partial charge in [0.05, 0.1) is 0 Å². The largest absolute Gasteiger partial charge is 0.385 e. The number of guanidine groups is 1. The maximum atomic E-state index is 5.77. The highest BCUT2D eigenvalue weighted by Crippen LogP contribution is 2.20. The quantitative estimate of drug-likeness (QED) is 0.417. The van der Waals surface area contributed by atoms with E-state index in [-0.39, 0.29) is 29.4 Å². The summed E-state index contributed by atoms with van der Waals surface area (Å²) >= 11 is 0. The lowest BCUT2D eigenvalue weighted by Gasteiger charge is -2.22. The molecule has 104 valence electrons. The molecule has 0 saturated carbocycles. The SMILES string of the molecule is COCCC(C)(C)CN=C(N)NCC(C)C.I. The van der Waals surface area contributed by atoms with Gasteiger partial charge >= 0.3 is 0 Å². The zero-order valence-electron chi connectivity index (χ0n) is 11.7. The lowest BCUT2D eigenvalue weighted by atomic mass is 9.90. The van der Waals surface area contributed by atoms with Gasteiger partial charge in [-0.1, -0.05) is 27.7 Å². The Morgan fingerprint density at radius 2 is 2.00 bits per heavy atom. The van der Waals surface area contributed by atoms with Crippen LogP contribution in [-0.2, 0) is 4.74 Å². The third-order valence-electron chi connectivity index (χ3n) is 2.35. The fourth-order valence-electron chi connectivity index (χ4n) is 1.12. The molecule has 0 saturated heterocycles. The summed E-state index contributed by atoms with van der Waals surface area (Å²) in [6.07, 6.45) is 0.991. The minimum absolute atomic E-state index is 0. The Bertz CT molecular complexity index is 218. The number of hydrogen-bond acceptors (Lipinski definition) is 2. The minimum atomic E-state index is 0. The Morgan fingerprint density at radius 3 is 2.47 bits per heavy atom. The van der Waals surface area contributed by atoms with Crippen LogP contribution in [0.25, 0.3) is 0 Å².